The van der Waals surface area contributed by atoms with Crippen molar-refractivity contribution in [2.75, 3.05) is 5.43 Å². The predicted molar refractivity (Wildman–Crippen MR) is 46.1 cm³/mol. The molecule has 0 aliphatic heterocycles. The molecule has 1 rings (SSSR count). The lowest BCUT2D eigenvalue weighted by Crippen LogP contribution is -1.97. The van der Waals surface area contributed by atoms with Crippen LogP contribution in [0.4, 0.5) is 5.82 Å². The van der Waals surface area contributed by atoms with E-state index < -0.39 is 0 Å². The van der Waals surface area contributed by atoms with Crippen molar-refractivity contribution in [3.8, 4) is 0 Å². The Hall–Kier alpha value is -1.03. The zero-order valence-electron chi connectivity index (χ0n) is 6.43. The van der Waals surface area contributed by atoms with Crippen molar-refractivity contribution in [1.82, 2.24) is 9.78 Å². The highest BCUT2D eigenvalue weighted by atomic mass is 35.5. The van der Waals surface area contributed by atoms with E-state index in [1.165, 1.54) is 0 Å². The number of aromatic nitrogens is 2. The van der Waals surface area contributed by atoms with E-state index in [0.717, 1.165) is 5.69 Å². The number of rotatable bonds is 2. The minimum absolute atomic E-state index is 0.583. The molecule has 0 unspecified atom stereocenters. The molecule has 0 aliphatic carbocycles. The van der Waals surface area contributed by atoms with Crippen molar-refractivity contribution < 1.29 is 0 Å². The lowest BCUT2D eigenvalue weighted by Gasteiger charge is -1.98. The number of hydrazone groups is 1. The van der Waals surface area contributed by atoms with Gasteiger partial charge in [-0.3, -0.25) is 5.43 Å². The number of anilines is 1. The van der Waals surface area contributed by atoms with Crippen molar-refractivity contribution in [3.05, 3.63) is 10.7 Å². The molecule has 11 heavy (non-hydrogen) atoms. The fraction of sp³-hybridized carbons (Fsp3) is 0.333. The average Bonchev–Trinajstić information content (AvgIpc) is 2.17. The molecule has 0 spiro atoms. The monoisotopic (exact) mass is 172 g/mol. The maximum absolute atomic E-state index is 5.86. The highest BCUT2D eigenvalue weighted by Gasteiger charge is 2.08. The number of hydrogen-bond acceptors (Lipinski definition) is 3. The molecule has 5 heteroatoms. The van der Waals surface area contributed by atoms with Gasteiger partial charge >= 0.3 is 0 Å². The number of nitrogens with zero attached hydrogens (tertiary/aromatic N) is 3. The predicted octanol–water partition coefficient (Wildman–Crippen LogP) is 1.41. The maximum Gasteiger partial charge on any atom is 0.163 e. The van der Waals surface area contributed by atoms with Gasteiger partial charge in [-0.05, 0) is 6.92 Å². The fourth-order valence-electron chi connectivity index (χ4n) is 0.829. The van der Waals surface area contributed by atoms with Gasteiger partial charge in [0.25, 0.3) is 0 Å². The summed E-state index contributed by atoms with van der Waals surface area (Å²) in [6.07, 6.45) is 0. The molecular formula is C6H9ClN4. The Morgan fingerprint density at radius 3 is 2.73 bits per heavy atom. The van der Waals surface area contributed by atoms with Gasteiger partial charge in [0.1, 0.15) is 5.02 Å². The second kappa shape index (κ2) is 2.92. The quantitative estimate of drug-likeness (QED) is 0.542. The van der Waals surface area contributed by atoms with E-state index in [4.69, 9.17) is 11.6 Å². The van der Waals surface area contributed by atoms with Crippen molar-refractivity contribution in [1.29, 1.82) is 0 Å². The summed E-state index contributed by atoms with van der Waals surface area (Å²) in [4.78, 5) is 0. The minimum Gasteiger partial charge on any atom is -0.261 e. The van der Waals surface area contributed by atoms with Crippen molar-refractivity contribution >= 4 is 24.1 Å². The third kappa shape index (κ3) is 1.35. The molecular weight excluding hydrogens is 164 g/mol. The highest BCUT2D eigenvalue weighted by Crippen LogP contribution is 2.23. The molecule has 1 N–H and O–H groups in total. The SMILES string of the molecule is C=NNc1c(Cl)c(C)nn1C. The summed E-state index contributed by atoms with van der Waals surface area (Å²) in [6.45, 7) is 5.12. The van der Waals surface area contributed by atoms with Gasteiger partial charge in [0.15, 0.2) is 5.82 Å². The molecule has 0 saturated carbocycles. The molecule has 0 atom stereocenters. The number of halogens is 1. The largest absolute Gasteiger partial charge is 0.261 e. The first kappa shape index (κ1) is 8.07. The van der Waals surface area contributed by atoms with Gasteiger partial charge in [-0.15, -0.1) is 0 Å². The van der Waals surface area contributed by atoms with E-state index in [9.17, 15) is 0 Å². The van der Waals surface area contributed by atoms with Crippen LogP contribution in [0.1, 0.15) is 5.69 Å². The molecule has 0 amide bonds. The molecule has 0 fully saturated rings. The Morgan fingerprint density at radius 2 is 2.36 bits per heavy atom. The Labute approximate surface area is 69.9 Å². The standard InChI is InChI=1S/C6H9ClN4/c1-4-5(7)6(9-8-2)11(3)10-4/h9H,2H2,1,3H3. The summed E-state index contributed by atoms with van der Waals surface area (Å²) in [6, 6.07) is 0. The van der Waals surface area contributed by atoms with E-state index >= 15 is 0 Å². The Balaban J connectivity index is 3.11. The van der Waals surface area contributed by atoms with E-state index in [1.54, 1.807) is 11.7 Å². The van der Waals surface area contributed by atoms with Gasteiger partial charge in [-0.25, -0.2) is 4.68 Å². The van der Waals surface area contributed by atoms with Crippen LogP contribution < -0.4 is 5.43 Å². The van der Waals surface area contributed by atoms with Gasteiger partial charge in [0.2, 0.25) is 0 Å². The fourth-order valence-corrected chi connectivity index (χ4v) is 1.03. The first-order valence-corrected chi connectivity index (χ1v) is 3.45. The van der Waals surface area contributed by atoms with Crippen LogP contribution in [0.5, 0.6) is 0 Å². The van der Waals surface area contributed by atoms with Crippen LogP contribution in [0.15, 0.2) is 5.10 Å². The summed E-state index contributed by atoms with van der Waals surface area (Å²) in [7, 11) is 1.78. The lowest BCUT2D eigenvalue weighted by atomic mass is 10.5. The molecule has 0 aliphatic rings. The molecule has 4 nitrogen and oxygen atoms in total. The van der Waals surface area contributed by atoms with Gasteiger partial charge in [-0.1, -0.05) is 11.6 Å². The summed E-state index contributed by atoms with van der Waals surface area (Å²) in [5.41, 5.74) is 3.43. The van der Waals surface area contributed by atoms with Crippen LogP contribution in [0.2, 0.25) is 5.02 Å². The van der Waals surface area contributed by atoms with Crippen LogP contribution in [-0.4, -0.2) is 16.5 Å². The maximum atomic E-state index is 5.86. The molecule has 1 aromatic heterocycles. The smallest absolute Gasteiger partial charge is 0.163 e. The molecule has 0 radical (unpaired) electrons. The normalized spacial score (nSPS) is 9.73. The number of nitrogens with one attached hydrogen (secondary N) is 1. The van der Waals surface area contributed by atoms with Crippen LogP contribution in [0, 0.1) is 6.92 Å². The number of hydrogen-bond donors (Lipinski definition) is 1. The third-order valence-corrected chi connectivity index (χ3v) is 1.79. The lowest BCUT2D eigenvalue weighted by molar-refractivity contribution is 0.761. The van der Waals surface area contributed by atoms with Crippen LogP contribution in [0.25, 0.3) is 0 Å². The molecule has 0 bridgehead atoms. The second-order valence-corrected chi connectivity index (χ2v) is 2.52. The van der Waals surface area contributed by atoms with Crippen molar-refractivity contribution in [2.45, 2.75) is 6.92 Å². The van der Waals surface area contributed by atoms with Crippen LogP contribution >= 0.6 is 11.6 Å². The molecule has 1 aromatic rings. The minimum atomic E-state index is 0.583. The topological polar surface area (TPSA) is 42.2 Å². The van der Waals surface area contributed by atoms with E-state index in [2.05, 4.69) is 22.3 Å². The van der Waals surface area contributed by atoms with Crippen LogP contribution in [-0.2, 0) is 7.05 Å². The van der Waals surface area contributed by atoms with E-state index in [0.29, 0.717) is 10.8 Å². The first-order valence-electron chi connectivity index (χ1n) is 3.07. The first-order chi connectivity index (χ1) is 5.16. The molecule has 60 valence electrons. The van der Waals surface area contributed by atoms with E-state index in [1.807, 2.05) is 6.92 Å². The summed E-state index contributed by atoms with van der Waals surface area (Å²) >= 11 is 5.86. The van der Waals surface area contributed by atoms with Gasteiger partial charge in [-0.2, -0.15) is 10.2 Å². The van der Waals surface area contributed by atoms with E-state index in [-0.39, 0.29) is 0 Å². The highest BCUT2D eigenvalue weighted by molar-refractivity contribution is 6.33. The summed E-state index contributed by atoms with van der Waals surface area (Å²) < 4.78 is 1.62. The van der Waals surface area contributed by atoms with Crippen LogP contribution in [0.3, 0.4) is 0 Å². The molecule has 0 aromatic carbocycles. The van der Waals surface area contributed by atoms with Gasteiger partial charge in [0, 0.05) is 13.8 Å². The van der Waals surface area contributed by atoms with Gasteiger partial charge in [0.05, 0.1) is 5.69 Å². The van der Waals surface area contributed by atoms with Gasteiger partial charge < -0.3 is 0 Å². The van der Waals surface area contributed by atoms with Crippen molar-refractivity contribution in [2.24, 2.45) is 12.1 Å². The Bertz CT molecular complexity index is 278. The summed E-state index contributed by atoms with van der Waals surface area (Å²) in [5.74, 6) is 0.666. The van der Waals surface area contributed by atoms with Crippen molar-refractivity contribution in [3.63, 3.8) is 0 Å². The zero-order valence-corrected chi connectivity index (χ0v) is 7.18. The second-order valence-electron chi connectivity index (χ2n) is 2.14. The number of aryl methyl sites for hydroxylation is 2. The molecule has 1 heterocycles. The third-order valence-electron chi connectivity index (χ3n) is 1.33. The average molecular weight is 173 g/mol. The zero-order chi connectivity index (χ0) is 8.43. The summed E-state index contributed by atoms with van der Waals surface area (Å²) in [5, 5.41) is 8.14. The molecule has 0 saturated heterocycles. The Kier molecular flexibility index (Phi) is 2.14. The Morgan fingerprint density at radius 1 is 1.73 bits per heavy atom.